The summed E-state index contributed by atoms with van der Waals surface area (Å²) in [4.78, 5) is 4.01. The maximum atomic E-state index is 5.39. The number of nitrogens with zero attached hydrogens (tertiary/aromatic N) is 1. The molecule has 1 radical (unpaired) electrons. The van der Waals surface area contributed by atoms with Gasteiger partial charge < -0.3 is 9.47 Å². The minimum Gasteiger partial charge on any atom is -0.342 e. The van der Waals surface area contributed by atoms with Gasteiger partial charge >= 0.3 is 0 Å². The van der Waals surface area contributed by atoms with Crippen LogP contribution in [0.5, 0.6) is 0 Å². The van der Waals surface area contributed by atoms with Crippen molar-refractivity contribution in [2.45, 2.75) is 12.7 Å². The first kappa shape index (κ1) is 7.21. The highest BCUT2D eigenvalue weighted by Gasteiger charge is 2.34. The molecule has 0 saturated carbocycles. The van der Waals surface area contributed by atoms with Crippen molar-refractivity contribution in [3.63, 3.8) is 0 Å². The van der Waals surface area contributed by atoms with Crippen molar-refractivity contribution in [3.8, 4) is 0 Å². The van der Waals surface area contributed by atoms with Crippen LogP contribution >= 0.6 is 11.3 Å². The van der Waals surface area contributed by atoms with E-state index in [4.69, 9.17) is 9.47 Å². The summed E-state index contributed by atoms with van der Waals surface area (Å²) in [6.07, 6.45) is 0. The van der Waals surface area contributed by atoms with Gasteiger partial charge in [0.05, 0.1) is 13.2 Å². The second kappa shape index (κ2) is 2.55. The lowest BCUT2D eigenvalue weighted by atomic mass is 10.2. The molecule has 2 rings (SSSR count). The molecule has 1 aromatic rings. The van der Waals surface area contributed by atoms with E-state index in [1.807, 2.05) is 12.3 Å². The topological polar surface area (TPSA) is 31.4 Å². The Bertz CT molecular complexity index is 229. The van der Waals surface area contributed by atoms with E-state index in [1.165, 1.54) is 11.3 Å². The average molecular weight is 170 g/mol. The molecule has 0 aromatic carbocycles. The minimum atomic E-state index is -0.615. The van der Waals surface area contributed by atoms with Gasteiger partial charge in [-0.2, -0.15) is 0 Å². The molecule has 59 valence electrons. The van der Waals surface area contributed by atoms with E-state index in [0.29, 0.717) is 13.2 Å². The fourth-order valence-corrected chi connectivity index (χ4v) is 1.64. The van der Waals surface area contributed by atoms with Crippen molar-refractivity contribution in [2.75, 3.05) is 13.2 Å². The molecule has 0 aliphatic carbocycles. The first-order valence-electron chi connectivity index (χ1n) is 3.41. The van der Waals surface area contributed by atoms with Gasteiger partial charge in [0.25, 0.3) is 0 Å². The van der Waals surface area contributed by atoms with Gasteiger partial charge in [-0.05, 0) is 6.92 Å². The lowest BCUT2D eigenvalue weighted by molar-refractivity contribution is -0.152. The smallest absolute Gasteiger partial charge is 0.210 e. The minimum absolute atomic E-state index is 0.615. The molecule has 3 nitrogen and oxygen atoms in total. The first-order valence-corrected chi connectivity index (χ1v) is 4.29. The van der Waals surface area contributed by atoms with Gasteiger partial charge in [0, 0.05) is 5.38 Å². The fraction of sp³-hybridized carbons (Fsp3) is 0.571. The first-order chi connectivity index (χ1) is 5.31. The lowest BCUT2D eigenvalue weighted by Crippen LogP contribution is -2.22. The van der Waals surface area contributed by atoms with Crippen molar-refractivity contribution >= 4 is 11.3 Å². The summed E-state index contributed by atoms with van der Waals surface area (Å²) in [7, 11) is 0. The average Bonchev–Trinajstić information content (AvgIpc) is 2.55. The van der Waals surface area contributed by atoms with Crippen LogP contribution in [0.4, 0.5) is 0 Å². The quantitative estimate of drug-likeness (QED) is 0.633. The molecule has 0 N–H and O–H groups in total. The number of hydrogen-bond acceptors (Lipinski definition) is 4. The molecule has 4 heteroatoms. The molecule has 1 aliphatic heterocycles. The van der Waals surface area contributed by atoms with Gasteiger partial charge in [-0.15, -0.1) is 11.3 Å². The number of thiazole rings is 1. The third-order valence-corrected chi connectivity index (χ3v) is 2.23. The molecule has 1 aromatic heterocycles. The fourth-order valence-electron chi connectivity index (χ4n) is 1.06. The molecule has 0 unspecified atom stereocenters. The van der Waals surface area contributed by atoms with Crippen molar-refractivity contribution in [2.24, 2.45) is 0 Å². The van der Waals surface area contributed by atoms with Crippen LogP contribution in [0, 0.1) is 5.51 Å². The van der Waals surface area contributed by atoms with E-state index < -0.39 is 5.79 Å². The van der Waals surface area contributed by atoms with E-state index in [1.54, 1.807) is 0 Å². The normalized spacial score (nSPS) is 22.3. The zero-order chi connectivity index (χ0) is 7.73. The Balaban J connectivity index is 2.27. The zero-order valence-corrected chi connectivity index (χ0v) is 6.98. The Morgan fingerprint density at radius 3 is 2.91 bits per heavy atom. The summed E-state index contributed by atoms with van der Waals surface area (Å²) >= 11 is 1.43. The largest absolute Gasteiger partial charge is 0.342 e. The number of aromatic nitrogens is 1. The van der Waals surface area contributed by atoms with Gasteiger partial charge in [-0.3, -0.25) is 0 Å². The summed E-state index contributed by atoms with van der Waals surface area (Å²) in [6.45, 7) is 3.17. The molecular weight excluding hydrogens is 162 g/mol. The number of rotatable bonds is 1. The molecule has 0 atom stereocenters. The van der Waals surface area contributed by atoms with E-state index in [0.717, 1.165) is 5.69 Å². The summed E-state index contributed by atoms with van der Waals surface area (Å²) in [6, 6.07) is 0. The molecule has 0 spiro atoms. The summed E-state index contributed by atoms with van der Waals surface area (Å²) in [5.41, 5.74) is 3.58. The molecular formula is C7H8NO2S. The van der Waals surface area contributed by atoms with Crippen LogP contribution in [-0.2, 0) is 15.3 Å². The highest BCUT2D eigenvalue weighted by atomic mass is 32.1. The van der Waals surface area contributed by atoms with Gasteiger partial charge in [0.15, 0.2) is 5.51 Å². The second-order valence-electron chi connectivity index (χ2n) is 2.47. The Hall–Kier alpha value is -0.450. The van der Waals surface area contributed by atoms with Crippen molar-refractivity contribution in [3.05, 3.63) is 16.6 Å². The van der Waals surface area contributed by atoms with Crippen molar-refractivity contribution in [1.29, 1.82) is 0 Å². The van der Waals surface area contributed by atoms with E-state index in [2.05, 4.69) is 10.5 Å². The maximum Gasteiger partial charge on any atom is 0.210 e. The van der Waals surface area contributed by atoms with Crippen molar-refractivity contribution < 1.29 is 9.47 Å². The van der Waals surface area contributed by atoms with Crippen LogP contribution in [0.3, 0.4) is 0 Å². The Kier molecular flexibility index (Phi) is 1.67. The van der Waals surface area contributed by atoms with Gasteiger partial charge in [-0.25, -0.2) is 4.98 Å². The molecule has 11 heavy (non-hydrogen) atoms. The standard InChI is InChI=1S/C7H8NO2S/c1-7(9-2-3-10-7)6-4-11-5-8-6/h4H,2-3H2,1H3. The summed E-state index contributed by atoms with van der Waals surface area (Å²) in [5, 5.41) is 1.89. The monoisotopic (exact) mass is 170 g/mol. The van der Waals surface area contributed by atoms with Gasteiger partial charge in [-0.1, -0.05) is 0 Å². The van der Waals surface area contributed by atoms with Crippen LogP contribution in [0.2, 0.25) is 0 Å². The highest BCUT2D eigenvalue weighted by Crippen LogP contribution is 2.29. The predicted octanol–water partition coefficient (Wildman–Crippen LogP) is 1.16. The molecule has 2 heterocycles. The van der Waals surface area contributed by atoms with Gasteiger partial charge in [0.1, 0.15) is 5.69 Å². The number of hydrogen-bond donors (Lipinski definition) is 0. The van der Waals surface area contributed by atoms with Crippen LogP contribution in [-0.4, -0.2) is 18.2 Å². The van der Waals surface area contributed by atoms with Crippen LogP contribution < -0.4 is 0 Å². The second-order valence-corrected chi connectivity index (χ2v) is 3.12. The van der Waals surface area contributed by atoms with E-state index in [-0.39, 0.29) is 0 Å². The summed E-state index contributed by atoms with van der Waals surface area (Å²) in [5.74, 6) is -0.615. The van der Waals surface area contributed by atoms with E-state index >= 15 is 0 Å². The van der Waals surface area contributed by atoms with Crippen molar-refractivity contribution in [1.82, 2.24) is 4.98 Å². The molecule has 0 amide bonds. The van der Waals surface area contributed by atoms with Crippen LogP contribution in [0.15, 0.2) is 5.38 Å². The predicted molar refractivity (Wildman–Crippen MR) is 40.2 cm³/mol. The lowest BCUT2D eigenvalue weighted by Gasteiger charge is -2.18. The molecule has 0 bridgehead atoms. The third kappa shape index (κ3) is 1.17. The maximum absolute atomic E-state index is 5.39. The highest BCUT2D eigenvalue weighted by molar-refractivity contribution is 7.07. The Morgan fingerprint density at radius 1 is 1.64 bits per heavy atom. The summed E-state index contributed by atoms with van der Waals surface area (Å²) < 4.78 is 10.8. The van der Waals surface area contributed by atoms with Gasteiger partial charge in [0.2, 0.25) is 5.79 Å². The zero-order valence-electron chi connectivity index (χ0n) is 6.16. The SMILES string of the molecule is CC1(c2cs[c]n2)OCCO1. The molecule has 1 saturated heterocycles. The molecule has 1 fully saturated rings. The third-order valence-electron chi connectivity index (χ3n) is 1.69. The number of ether oxygens (including phenoxy) is 2. The Labute approximate surface area is 69.0 Å². The Morgan fingerprint density at radius 2 is 2.36 bits per heavy atom. The van der Waals surface area contributed by atoms with Crippen LogP contribution in [0.1, 0.15) is 12.6 Å². The van der Waals surface area contributed by atoms with E-state index in [9.17, 15) is 0 Å². The molecule has 1 aliphatic rings. The van der Waals surface area contributed by atoms with Crippen LogP contribution in [0.25, 0.3) is 0 Å².